The Hall–Kier alpha value is -2.62. The third kappa shape index (κ3) is 1.77. The fourth-order valence-electron chi connectivity index (χ4n) is 2.72. The number of nitrogens with zero attached hydrogens (tertiary/aromatic N) is 3. The summed E-state index contributed by atoms with van der Waals surface area (Å²) in [5.74, 6) is 0.951. The average Bonchev–Trinajstić information content (AvgIpc) is 3.14. The standard InChI is InChI=1S/C16H14N4/c1-2-7-13(8-3-1)20-11-17-19-16(20)15-10-12-6-4-5-9-14(12)18-15/h1-9,11,15,18H,10H2. The second-order valence-electron chi connectivity index (χ2n) is 4.95. The first-order chi connectivity index (χ1) is 9.92. The summed E-state index contributed by atoms with van der Waals surface area (Å²) in [5, 5.41) is 11.9. The van der Waals surface area contributed by atoms with Gasteiger partial charge in [0.1, 0.15) is 6.33 Å². The second kappa shape index (κ2) is 4.49. The largest absolute Gasteiger partial charge is 0.375 e. The molecular formula is C16H14N4. The molecule has 4 nitrogen and oxygen atoms in total. The Balaban J connectivity index is 1.71. The molecule has 1 N–H and O–H groups in total. The van der Waals surface area contributed by atoms with Gasteiger partial charge in [0.2, 0.25) is 0 Å². The number of aromatic nitrogens is 3. The number of nitrogens with one attached hydrogen (secondary N) is 1. The molecule has 3 aromatic rings. The van der Waals surface area contributed by atoms with Gasteiger partial charge in [-0.05, 0) is 23.8 Å². The highest BCUT2D eigenvalue weighted by Gasteiger charge is 2.25. The Labute approximate surface area is 117 Å². The van der Waals surface area contributed by atoms with Crippen LogP contribution in [0, 0.1) is 0 Å². The normalized spacial score (nSPS) is 16.7. The molecule has 2 aromatic carbocycles. The van der Waals surface area contributed by atoms with Crippen LogP contribution >= 0.6 is 0 Å². The van der Waals surface area contributed by atoms with E-state index in [1.165, 1.54) is 11.3 Å². The summed E-state index contributed by atoms with van der Waals surface area (Å²) in [7, 11) is 0. The molecule has 0 saturated carbocycles. The zero-order valence-electron chi connectivity index (χ0n) is 10.9. The molecule has 1 unspecified atom stereocenters. The Morgan fingerprint density at radius 1 is 1.00 bits per heavy atom. The van der Waals surface area contributed by atoms with E-state index in [1.807, 2.05) is 22.8 Å². The van der Waals surface area contributed by atoms with Crippen LogP contribution < -0.4 is 5.32 Å². The van der Waals surface area contributed by atoms with Crippen molar-refractivity contribution in [1.29, 1.82) is 0 Å². The summed E-state index contributed by atoms with van der Waals surface area (Å²) in [5.41, 5.74) is 3.62. The monoisotopic (exact) mass is 262 g/mol. The Bertz CT molecular complexity index is 708. The fourth-order valence-corrected chi connectivity index (χ4v) is 2.72. The number of para-hydroxylation sites is 2. The van der Waals surface area contributed by atoms with Gasteiger partial charge in [-0.1, -0.05) is 36.4 Å². The minimum Gasteiger partial charge on any atom is -0.375 e. The lowest BCUT2D eigenvalue weighted by Gasteiger charge is -2.12. The van der Waals surface area contributed by atoms with E-state index in [0.717, 1.165) is 17.9 Å². The lowest BCUT2D eigenvalue weighted by molar-refractivity contribution is 0.723. The predicted octanol–water partition coefficient (Wildman–Crippen LogP) is 2.98. The summed E-state index contributed by atoms with van der Waals surface area (Å²) >= 11 is 0. The second-order valence-corrected chi connectivity index (χ2v) is 4.95. The number of benzene rings is 2. The molecule has 98 valence electrons. The molecule has 1 aromatic heterocycles. The zero-order valence-corrected chi connectivity index (χ0v) is 10.9. The Morgan fingerprint density at radius 2 is 1.80 bits per heavy atom. The topological polar surface area (TPSA) is 42.7 Å². The van der Waals surface area contributed by atoms with Crippen molar-refractivity contribution >= 4 is 5.69 Å². The SMILES string of the molecule is c1ccc(-n2cnnc2C2Cc3ccccc3N2)cc1. The van der Waals surface area contributed by atoms with E-state index < -0.39 is 0 Å². The van der Waals surface area contributed by atoms with Crippen molar-refractivity contribution in [3.8, 4) is 5.69 Å². The first-order valence-electron chi connectivity index (χ1n) is 6.71. The van der Waals surface area contributed by atoms with Gasteiger partial charge in [0, 0.05) is 17.8 Å². The van der Waals surface area contributed by atoms with Crippen molar-refractivity contribution < 1.29 is 0 Å². The van der Waals surface area contributed by atoms with Gasteiger partial charge in [0.25, 0.3) is 0 Å². The molecule has 4 rings (SSSR count). The van der Waals surface area contributed by atoms with Crippen LogP contribution in [0.4, 0.5) is 5.69 Å². The van der Waals surface area contributed by atoms with E-state index in [9.17, 15) is 0 Å². The van der Waals surface area contributed by atoms with E-state index in [0.29, 0.717) is 0 Å². The molecule has 0 bridgehead atoms. The maximum Gasteiger partial charge on any atom is 0.160 e. The number of rotatable bonds is 2. The van der Waals surface area contributed by atoms with Crippen LogP contribution in [0.15, 0.2) is 60.9 Å². The third-order valence-electron chi connectivity index (χ3n) is 3.69. The van der Waals surface area contributed by atoms with Crippen LogP contribution in [0.1, 0.15) is 17.4 Å². The van der Waals surface area contributed by atoms with Crippen molar-refractivity contribution in [2.45, 2.75) is 12.5 Å². The van der Waals surface area contributed by atoms with Gasteiger partial charge >= 0.3 is 0 Å². The van der Waals surface area contributed by atoms with E-state index in [1.54, 1.807) is 6.33 Å². The first kappa shape index (κ1) is 11.2. The van der Waals surface area contributed by atoms with Crippen LogP contribution in [0.5, 0.6) is 0 Å². The summed E-state index contributed by atoms with van der Waals surface area (Å²) < 4.78 is 2.05. The van der Waals surface area contributed by atoms with Crippen LogP contribution in [0.25, 0.3) is 5.69 Å². The number of fused-ring (bicyclic) bond motifs is 1. The third-order valence-corrected chi connectivity index (χ3v) is 3.69. The minimum absolute atomic E-state index is 0.176. The summed E-state index contributed by atoms with van der Waals surface area (Å²) in [6, 6.07) is 18.8. The van der Waals surface area contributed by atoms with Crippen molar-refractivity contribution in [3.63, 3.8) is 0 Å². The maximum absolute atomic E-state index is 4.31. The van der Waals surface area contributed by atoms with Crippen molar-refractivity contribution in [2.75, 3.05) is 5.32 Å². The number of hydrogen-bond donors (Lipinski definition) is 1. The molecule has 0 fully saturated rings. The van der Waals surface area contributed by atoms with Gasteiger partial charge in [0.15, 0.2) is 5.82 Å². The van der Waals surface area contributed by atoms with Gasteiger partial charge in [-0.2, -0.15) is 0 Å². The molecule has 0 amide bonds. The Kier molecular flexibility index (Phi) is 2.52. The highest BCUT2D eigenvalue weighted by molar-refractivity contribution is 5.57. The van der Waals surface area contributed by atoms with E-state index in [4.69, 9.17) is 0 Å². The highest BCUT2D eigenvalue weighted by Crippen LogP contribution is 2.33. The molecule has 20 heavy (non-hydrogen) atoms. The van der Waals surface area contributed by atoms with Crippen molar-refractivity contribution in [1.82, 2.24) is 14.8 Å². The zero-order chi connectivity index (χ0) is 13.4. The lowest BCUT2D eigenvalue weighted by Crippen LogP contribution is -2.12. The van der Waals surface area contributed by atoms with Gasteiger partial charge in [-0.3, -0.25) is 4.57 Å². The van der Waals surface area contributed by atoms with Crippen LogP contribution in [-0.2, 0) is 6.42 Å². The van der Waals surface area contributed by atoms with E-state index in [2.05, 4.69) is 51.9 Å². The Morgan fingerprint density at radius 3 is 2.65 bits per heavy atom. The number of anilines is 1. The summed E-state index contributed by atoms with van der Waals surface area (Å²) in [6.07, 6.45) is 2.72. The molecule has 1 atom stereocenters. The van der Waals surface area contributed by atoms with Gasteiger partial charge in [-0.25, -0.2) is 0 Å². The first-order valence-corrected chi connectivity index (χ1v) is 6.71. The lowest BCUT2D eigenvalue weighted by atomic mass is 10.1. The molecule has 2 heterocycles. The molecule has 1 aliphatic heterocycles. The van der Waals surface area contributed by atoms with Crippen molar-refractivity contribution in [3.05, 3.63) is 72.3 Å². The van der Waals surface area contributed by atoms with Gasteiger partial charge in [-0.15, -0.1) is 10.2 Å². The molecule has 0 saturated heterocycles. The minimum atomic E-state index is 0.176. The highest BCUT2D eigenvalue weighted by atomic mass is 15.3. The van der Waals surface area contributed by atoms with Crippen LogP contribution in [0.2, 0.25) is 0 Å². The molecule has 0 spiro atoms. The summed E-state index contributed by atoms with van der Waals surface area (Å²) in [4.78, 5) is 0. The van der Waals surface area contributed by atoms with Crippen molar-refractivity contribution in [2.24, 2.45) is 0 Å². The van der Waals surface area contributed by atoms with E-state index >= 15 is 0 Å². The molecular weight excluding hydrogens is 248 g/mol. The maximum atomic E-state index is 4.31. The molecule has 4 heteroatoms. The smallest absolute Gasteiger partial charge is 0.160 e. The van der Waals surface area contributed by atoms with Gasteiger partial charge in [0.05, 0.1) is 6.04 Å². The van der Waals surface area contributed by atoms with Crippen LogP contribution in [0.3, 0.4) is 0 Å². The number of hydrogen-bond acceptors (Lipinski definition) is 3. The molecule has 1 aliphatic rings. The van der Waals surface area contributed by atoms with E-state index in [-0.39, 0.29) is 6.04 Å². The quantitative estimate of drug-likeness (QED) is 0.772. The predicted molar refractivity (Wildman–Crippen MR) is 77.9 cm³/mol. The average molecular weight is 262 g/mol. The molecule has 0 aliphatic carbocycles. The van der Waals surface area contributed by atoms with Crippen LogP contribution in [-0.4, -0.2) is 14.8 Å². The van der Waals surface area contributed by atoms with Gasteiger partial charge < -0.3 is 5.32 Å². The molecule has 0 radical (unpaired) electrons. The summed E-state index contributed by atoms with van der Waals surface area (Å²) in [6.45, 7) is 0. The fraction of sp³-hybridized carbons (Fsp3) is 0.125.